The molecule has 0 amide bonds. The molecule has 0 saturated heterocycles. The second kappa shape index (κ2) is 11.2. The van der Waals surface area contributed by atoms with Gasteiger partial charge in [-0.05, 0) is 65.7 Å². The lowest BCUT2D eigenvalue weighted by atomic mass is 9.95. The summed E-state index contributed by atoms with van der Waals surface area (Å²) in [5.41, 5.74) is 3.01. The first-order chi connectivity index (χ1) is 17.6. The van der Waals surface area contributed by atoms with Gasteiger partial charge in [-0.15, -0.1) is 0 Å². The zero-order valence-electron chi connectivity index (χ0n) is 21.5. The average Bonchev–Trinajstić information content (AvgIpc) is 2.83. The molecule has 0 aliphatic heterocycles. The largest absolute Gasteiger partial charge is 0.490 e. The minimum atomic E-state index is -0.404. The fourth-order valence-corrected chi connectivity index (χ4v) is 4.64. The van der Waals surface area contributed by atoms with Crippen molar-refractivity contribution in [3.8, 4) is 11.5 Å². The van der Waals surface area contributed by atoms with Crippen LogP contribution in [0.2, 0.25) is 0 Å². The second-order valence-electron chi connectivity index (χ2n) is 9.74. The van der Waals surface area contributed by atoms with Crippen LogP contribution in [0.25, 0.3) is 10.9 Å². The minimum absolute atomic E-state index is 0.230. The first kappa shape index (κ1) is 27.1. The molecule has 37 heavy (non-hydrogen) atoms. The number of ether oxygens (including phenoxy) is 2. The third kappa shape index (κ3) is 6.30. The molecule has 0 aliphatic carbocycles. The van der Waals surface area contributed by atoms with Crippen molar-refractivity contribution < 1.29 is 9.47 Å². The molecule has 0 N–H and O–H groups in total. The van der Waals surface area contributed by atoms with Crippen molar-refractivity contribution in [2.75, 3.05) is 6.61 Å². The van der Waals surface area contributed by atoms with E-state index in [1.165, 1.54) is 10.2 Å². The van der Waals surface area contributed by atoms with Gasteiger partial charge in [-0.1, -0.05) is 66.5 Å². The Bertz CT molecular complexity index is 1540. The van der Waals surface area contributed by atoms with E-state index >= 15 is 0 Å². The van der Waals surface area contributed by atoms with Crippen molar-refractivity contribution in [3.05, 3.63) is 96.4 Å². The number of rotatable bonds is 7. The highest BCUT2D eigenvalue weighted by molar-refractivity contribution is 9.10. The summed E-state index contributed by atoms with van der Waals surface area (Å²) >= 11 is 7.08. The minimum Gasteiger partial charge on any atom is -0.490 e. The van der Waals surface area contributed by atoms with Gasteiger partial charge in [0.15, 0.2) is 11.5 Å². The SMILES string of the molecule is CCOc1cc(C=Nn2c(C(C)(C)C)nc3ccc(Br)cc3c2=O)c(Br)cc1OCc1cccc(C)c1. The van der Waals surface area contributed by atoms with Crippen LogP contribution in [0, 0.1) is 6.92 Å². The maximum absolute atomic E-state index is 13.5. The number of halogens is 2. The lowest BCUT2D eigenvalue weighted by Crippen LogP contribution is -2.29. The van der Waals surface area contributed by atoms with Gasteiger partial charge in [-0.25, -0.2) is 4.98 Å². The molecule has 4 rings (SSSR count). The Morgan fingerprint density at radius 2 is 1.78 bits per heavy atom. The summed E-state index contributed by atoms with van der Waals surface area (Å²) < 4.78 is 14.9. The molecule has 0 spiro atoms. The number of nitrogens with zero attached hydrogens (tertiary/aromatic N) is 3. The van der Waals surface area contributed by atoms with Gasteiger partial charge in [0, 0.05) is 19.9 Å². The van der Waals surface area contributed by atoms with E-state index in [4.69, 9.17) is 14.5 Å². The van der Waals surface area contributed by atoms with Gasteiger partial charge >= 0.3 is 0 Å². The first-order valence-electron chi connectivity index (χ1n) is 12.0. The number of hydrogen-bond donors (Lipinski definition) is 0. The monoisotopic (exact) mass is 625 g/mol. The van der Waals surface area contributed by atoms with Gasteiger partial charge in [0.1, 0.15) is 12.4 Å². The van der Waals surface area contributed by atoms with E-state index in [0.717, 1.165) is 20.1 Å². The van der Waals surface area contributed by atoms with Crippen molar-refractivity contribution in [1.82, 2.24) is 9.66 Å². The van der Waals surface area contributed by atoms with Crippen LogP contribution in [0.15, 0.2) is 73.4 Å². The summed E-state index contributed by atoms with van der Waals surface area (Å²) in [5, 5.41) is 5.09. The lowest BCUT2D eigenvalue weighted by Gasteiger charge is -2.21. The topological polar surface area (TPSA) is 65.7 Å². The van der Waals surface area contributed by atoms with Crippen LogP contribution in [0.1, 0.15) is 50.2 Å². The van der Waals surface area contributed by atoms with E-state index in [2.05, 4.69) is 56.0 Å². The molecule has 0 atom stereocenters. The van der Waals surface area contributed by atoms with Gasteiger partial charge in [0.05, 0.1) is 23.7 Å². The summed E-state index contributed by atoms with van der Waals surface area (Å²) in [6.45, 7) is 10.9. The van der Waals surface area contributed by atoms with E-state index in [1.54, 1.807) is 12.3 Å². The summed E-state index contributed by atoms with van der Waals surface area (Å²) in [6.07, 6.45) is 1.64. The van der Waals surface area contributed by atoms with Crippen molar-refractivity contribution in [2.24, 2.45) is 5.10 Å². The van der Waals surface area contributed by atoms with Crippen molar-refractivity contribution in [1.29, 1.82) is 0 Å². The van der Waals surface area contributed by atoms with Gasteiger partial charge in [-0.2, -0.15) is 9.78 Å². The Morgan fingerprint density at radius 3 is 2.49 bits per heavy atom. The molecular formula is C29H29Br2N3O3. The van der Waals surface area contributed by atoms with Crippen LogP contribution in [-0.2, 0) is 12.0 Å². The highest BCUT2D eigenvalue weighted by Gasteiger charge is 2.23. The standard InChI is InChI=1S/C29H29Br2N3O3/c1-6-36-25-13-20(23(31)15-26(25)37-17-19-9-7-8-18(2)12-19)16-32-34-27(35)22-14-21(30)10-11-24(22)33-28(34)29(3,4)5/h7-16H,6,17H2,1-5H3. The zero-order valence-corrected chi connectivity index (χ0v) is 24.7. The van der Waals surface area contributed by atoms with E-state index in [1.807, 2.05) is 64.1 Å². The Kier molecular flexibility index (Phi) is 8.19. The molecule has 1 heterocycles. The maximum atomic E-state index is 13.5. The molecule has 0 bridgehead atoms. The molecule has 0 radical (unpaired) electrons. The Balaban J connectivity index is 1.73. The predicted octanol–water partition coefficient (Wildman–Crippen LogP) is 7.39. The number of aromatic nitrogens is 2. The molecule has 0 saturated carbocycles. The summed E-state index contributed by atoms with van der Waals surface area (Å²) in [5.74, 6) is 1.80. The average molecular weight is 627 g/mol. The van der Waals surface area contributed by atoms with E-state index in [-0.39, 0.29) is 5.56 Å². The van der Waals surface area contributed by atoms with Crippen molar-refractivity contribution in [3.63, 3.8) is 0 Å². The van der Waals surface area contributed by atoms with Crippen LogP contribution in [0.3, 0.4) is 0 Å². The van der Waals surface area contributed by atoms with E-state index < -0.39 is 5.41 Å². The summed E-state index contributed by atoms with van der Waals surface area (Å²) in [6, 6.07) is 17.4. The van der Waals surface area contributed by atoms with Gasteiger partial charge in [0.25, 0.3) is 5.56 Å². The summed E-state index contributed by atoms with van der Waals surface area (Å²) in [4.78, 5) is 18.2. The summed E-state index contributed by atoms with van der Waals surface area (Å²) in [7, 11) is 0. The van der Waals surface area contributed by atoms with Crippen LogP contribution >= 0.6 is 31.9 Å². The quantitative estimate of drug-likeness (QED) is 0.201. The zero-order chi connectivity index (χ0) is 26.7. The molecule has 0 aliphatic rings. The molecule has 1 aromatic heterocycles. The molecule has 0 fully saturated rings. The van der Waals surface area contributed by atoms with Crippen molar-refractivity contribution >= 4 is 49.0 Å². The number of aryl methyl sites for hydroxylation is 1. The molecule has 192 valence electrons. The third-order valence-electron chi connectivity index (χ3n) is 5.63. The normalized spacial score (nSPS) is 11.9. The lowest BCUT2D eigenvalue weighted by molar-refractivity contribution is 0.269. The third-order valence-corrected chi connectivity index (χ3v) is 6.81. The van der Waals surface area contributed by atoms with Gasteiger partial charge in [0.2, 0.25) is 0 Å². The number of fused-ring (bicyclic) bond motifs is 1. The predicted molar refractivity (Wildman–Crippen MR) is 156 cm³/mol. The van der Waals surface area contributed by atoms with E-state index in [9.17, 15) is 4.79 Å². The van der Waals surface area contributed by atoms with Crippen LogP contribution in [0.4, 0.5) is 0 Å². The number of hydrogen-bond acceptors (Lipinski definition) is 5. The number of benzene rings is 3. The van der Waals surface area contributed by atoms with Gasteiger partial charge < -0.3 is 9.47 Å². The van der Waals surface area contributed by atoms with E-state index in [0.29, 0.717) is 41.4 Å². The van der Waals surface area contributed by atoms with Crippen LogP contribution in [0.5, 0.6) is 11.5 Å². The van der Waals surface area contributed by atoms with Crippen LogP contribution < -0.4 is 15.0 Å². The van der Waals surface area contributed by atoms with Gasteiger partial charge in [-0.3, -0.25) is 4.79 Å². The molecule has 0 unspecified atom stereocenters. The molecular weight excluding hydrogens is 598 g/mol. The molecule has 3 aromatic carbocycles. The second-order valence-corrected chi connectivity index (χ2v) is 11.5. The highest BCUT2D eigenvalue weighted by atomic mass is 79.9. The Labute approximate surface area is 233 Å². The fraction of sp³-hybridized carbons (Fsp3) is 0.276. The highest BCUT2D eigenvalue weighted by Crippen LogP contribution is 2.34. The Hall–Kier alpha value is -2.97. The van der Waals surface area contributed by atoms with Crippen LogP contribution in [-0.4, -0.2) is 22.5 Å². The fourth-order valence-electron chi connectivity index (χ4n) is 3.86. The molecule has 8 heteroatoms. The first-order valence-corrected chi connectivity index (χ1v) is 13.6. The maximum Gasteiger partial charge on any atom is 0.282 e. The Morgan fingerprint density at radius 1 is 1.03 bits per heavy atom. The van der Waals surface area contributed by atoms with Crippen molar-refractivity contribution in [2.45, 2.75) is 46.6 Å². The smallest absolute Gasteiger partial charge is 0.282 e. The molecule has 6 nitrogen and oxygen atoms in total. The molecule has 4 aromatic rings.